The lowest BCUT2D eigenvalue weighted by Crippen LogP contribution is -2.67. The SMILES string of the molecule is CSSCO[C@@H]1C[C@H](n2cc(C#CCNC(=O)OCCSSCCCC(=O)OC(C)(C)C)c(=O)[nH]c2=O)O[C@@H]1CO[Si](c1ccccc1)(c1ccccc1)C(C)(C)C. The van der Waals surface area contributed by atoms with Crippen molar-refractivity contribution in [3.8, 4) is 11.8 Å². The number of carbonyl (C=O) groups is 2. The van der Waals surface area contributed by atoms with Gasteiger partial charge in [0.1, 0.15) is 36.0 Å². The average Bonchev–Trinajstić information content (AvgIpc) is 3.57. The van der Waals surface area contributed by atoms with E-state index in [1.807, 2.05) is 63.4 Å². The first-order valence-corrected chi connectivity index (χ1v) is 26.2. The number of carbonyl (C=O) groups excluding carboxylic acids is 2. The molecule has 1 amide bonds. The topological polar surface area (TPSA) is 147 Å². The van der Waals surface area contributed by atoms with Gasteiger partial charge in [-0.1, -0.05) is 136 Å². The van der Waals surface area contributed by atoms with Crippen molar-refractivity contribution >= 4 is 73.9 Å². The van der Waals surface area contributed by atoms with Crippen LogP contribution < -0.4 is 26.9 Å². The number of alkyl carbamates (subject to hydrolysis) is 1. The number of H-pyrrole nitrogens is 1. The highest BCUT2D eigenvalue weighted by Gasteiger charge is 2.51. The summed E-state index contributed by atoms with van der Waals surface area (Å²) >= 11 is 0. The minimum Gasteiger partial charge on any atom is -0.460 e. The van der Waals surface area contributed by atoms with E-state index < -0.39 is 49.7 Å². The molecule has 17 heteroatoms. The van der Waals surface area contributed by atoms with Crippen LogP contribution in [0.2, 0.25) is 5.04 Å². The number of esters is 1. The Morgan fingerprint density at radius 1 is 0.966 bits per heavy atom. The van der Waals surface area contributed by atoms with Crippen molar-refractivity contribution in [3.63, 3.8) is 0 Å². The van der Waals surface area contributed by atoms with Crippen molar-refractivity contribution in [1.29, 1.82) is 0 Å². The summed E-state index contributed by atoms with van der Waals surface area (Å²) in [6, 6.07) is 20.7. The molecule has 0 radical (unpaired) electrons. The van der Waals surface area contributed by atoms with Gasteiger partial charge in [-0.15, -0.1) is 0 Å². The highest BCUT2D eigenvalue weighted by atomic mass is 33.1. The Morgan fingerprint density at radius 3 is 2.24 bits per heavy atom. The molecule has 4 rings (SSSR count). The van der Waals surface area contributed by atoms with Crippen LogP contribution in [-0.2, 0) is 28.2 Å². The van der Waals surface area contributed by atoms with Gasteiger partial charge < -0.3 is 28.7 Å². The average molecular weight is 890 g/mol. The number of hydrogen-bond donors (Lipinski definition) is 2. The van der Waals surface area contributed by atoms with Crippen molar-refractivity contribution in [2.24, 2.45) is 0 Å². The molecule has 58 heavy (non-hydrogen) atoms. The van der Waals surface area contributed by atoms with E-state index in [-0.39, 0.29) is 36.3 Å². The number of benzene rings is 2. The number of hydrogen-bond acceptors (Lipinski definition) is 13. The van der Waals surface area contributed by atoms with Crippen molar-refractivity contribution < 1.29 is 33.0 Å². The van der Waals surface area contributed by atoms with Crippen molar-refractivity contribution in [1.82, 2.24) is 14.9 Å². The molecular formula is C41H55N3O9S4Si. The van der Waals surface area contributed by atoms with Crippen LogP contribution in [0.25, 0.3) is 0 Å². The van der Waals surface area contributed by atoms with E-state index in [0.29, 0.717) is 31.0 Å². The summed E-state index contributed by atoms with van der Waals surface area (Å²) in [5, 5.41) is 4.58. The Balaban J connectivity index is 1.37. The first-order valence-electron chi connectivity index (χ1n) is 19.0. The van der Waals surface area contributed by atoms with Crippen molar-refractivity contribution in [3.05, 3.63) is 93.3 Å². The Morgan fingerprint density at radius 2 is 1.62 bits per heavy atom. The maximum absolute atomic E-state index is 13.2. The van der Waals surface area contributed by atoms with E-state index in [0.717, 1.165) is 16.1 Å². The number of ether oxygens (including phenoxy) is 4. The maximum atomic E-state index is 13.2. The molecule has 2 heterocycles. The molecule has 3 aromatic rings. The standard InChI is InChI=1S/C41H55N3O9S4Si/c1-40(2,3)53-36(45)21-15-24-55-56-25-23-49-39(48)42-22-14-16-30-27-44(38(47)43-37(30)46)35-26-33(50-29-57-54-7)34(52-35)28-51-58(41(4,5)6,31-17-10-8-11-18-31)32-19-12-9-13-20-32/h8-13,17-20,27,33-35H,15,21-26,28-29H2,1-7H3,(H,42,48)(H,43,46,47)/t33-,34-,35-/m1/s1. The number of nitrogens with zero attached hydrogens (tertiary/aromatic N) is 1. The van der Waals surface area contributed by atoms with Gasteiger partial charge in [0, 0.05) is 30.5 Å². The van der Waals surface area contributed by atoms with Gasteiger partial charge in [-0.2, -0.15) is 0 Å². The molecule has 1 saturated heterocycles. The van der Waals surface area contributed by atoms with E-state index in [9.17, 15) is 19.2 Å². The summed E-state index contributed by atoms with van der Waals surface area (Å²) < 4.78 is 31.9. The fourth-order valence-corrected chi connectivity index (χ4v) is 13.6. The van der Waals surface area contributed by atoms with E-state index in [1.54, 1.807) is 43.2 Å². The number of aromatic amines is 1. The lowest BCUT2D eigenvalue weighted by molar-refractivity contribution is -0.154. The molecule has 0 bridgehead atoms. The summed E-state index contributed by atoms with van der Waals surface area (Å²) in [6.07, 6.45) is 2.47. The molecule has 316 valence electrons. The Hall–Kier alpha value is -3.08. The van der Waals surface area contributed by atoms with Gasteiger partial charge in [-0.05, 0) is 48.9 Å². The van der Waals surface area contributed by atoms with Crippen LogP contribution in [0.15, 0.2) is 76.4 Å². The predicted octanol–water partition coefficient (Wildman–Crippen LogP) is 6.34. The lowest BCUT2D eigenvalue weighted by Gasteiger charge is -2.43. The van der Waals surface area contributed by atoms with Gasteiger partial charge in [0.2, 0.25) is 0 Å². The highest BCUT2D eigenvalue weighted by molar-refractivity contribution is 8.76. The van der Waals surface area contributed by atoms with E-state index >= 15 is 0 Å². The molecule has 1 aliphatic rings. The number of amides is 1. The first-order chi connectivity index (χ1) is 27.6. The Labute approximate surface area is 358 Å². The van der Waals surface area contributed by atoms with Gasteiger partial charge in [-0.3, -0.25) is 19.1 Å². The predicted molar refractivity (Wildman–Crippen MR) is 240 cm³/mol. The second kappa shape index (κ2) is 23.1. The Bertz CT molecular complexity index is 1900. The highest BCUT2D eigenvalue weighted by Crippen LogP contribution is 2.38. The van der Waals surface area contributed by atoms with Crippen LogP contribution in [0.5, 0.6) is 0 Å². The Kier molecular flexibility index (Phi) is 18.9. The minimum absolute atomic E-state index is 0.0425. The molecule has 1 aliphatic heterocycles. The summed E-state index contributed by atoms with van der Waals surface area (Å²) in [5.41, 5.74) is -1.72. The van der Waals surface area contributed by atoms with E-state index in [2.05, 4.69) is 67.2 Å². The molecule has 0 unspecified atom stereocenters. The minimum atomic E-state index is -2.90. The maximum Gasteiger partial charge on any atom is 0.407 e. The molecule has 0 spiro atoms. The molecule has 12 nitrogen and oxygen atoms in total. The van der Waals surface area contributed by atoms with Crippen molar-refractivity contribution in [2.75, 3.05) is 43.5 Å². The van der Waals surface area contributed by atoms with E-state index in [1.165, 1.54) is 10.8 Å². The van der Waals surface area contributed by atoms with Crippen LogP contribution in [-0.4, -0.2) is 91.2 Å². The quantitative estimate of drug-likeness (QED) is 0.0345. The summed E-state index contributed by atoms with van der Waals surface area (Å²) in [7, 11) is 3.41. The third kappa shape index (κ3) is 14.3. The fraction of sp³-hybridized carbons (Fsp3) is 0.512. The zero-order chi connectivity index (χ0) is 42.2. The third-order valence-corrected chi connectivity index (χ3v) is 17.8. The number of rotatable bonds is 19. The summed E-state index contributed by atoms with van der Waals surface area (Å²) in [4.78, 5) is 52.3. The monoisotopic (exact) mass is 889 g/mol. The number of nitrogens with one attached hydrogen (secondary N) is 2. The third-order valence-electron chi connectivity index (χ3n) is 8.84. The second-order valence-electron chi connectivity index (χ2n) is 15.3. The van der Waals surface area contributed by atoms with Gasteiger partial charge in [0.05, 0.1) is 19.3 Å². The van der Waals surface area contributed by atoms with Gasteiger partial charge >= 0.3 is 17.8 Å². The smallest absolute Gasteiger partial charge is 0.407 e. The molecule has 1 aromatic heterocycles. The van der Waals surface area contributed by atoms with E-state index in [4.69, 9.17) is 23.4 Å². The number of aromatic nitrogens is 2. The van der Waals surface area contributed by atoms with Gasteiger partial charge in [-0.25, -0.2) is 9.59 Å². The van der Waals surface area contributed by atoms with Crippen LogP contribution in [0, 0.1) is 11.8 Å². The lowest BCUT2D eigenvalue weighted by atomic mass is 10.2. The second-order valence-corrected chi connectivity index (χ2v) is 24.8. The van der Waals surface area contributed by atoms with Crippen LogP contribution in [0.3, 0.4) is 0 Å². The zero-order valence-electron chi connectivity index (χ0n) is 34.2. The van der Waals surface area contributed by atoms with Crippen LogP contribution in [0.1, 0.15) is 72.6 Å². The summed E-state index contributed by atoms with van der Waals surface area (Å²) in [6.45, 7) is 12.5. The van der Waals surface area contributed by atoms with Gasteiger partial charge in [0.25, 0.3) is 13.9 Å². The van der Waals surface area contributed by atoms with Gasteiger partial charge in [0.15, 0.2) is 0 Å². The summed E-state index contributed by atoms with van der Waals surface area (Å²) in [5.74, 6) is 7.08. The molecular weight excluding hydrogens is 835 g/mol. The zero-order valence-corrected chi connectivity index (χ0v) is 38.5. The molecule has 2 aromatic carbocycles. The molecule has 2 N–H and O–H groups in total. The normalized spacial score (nSPS) is 17.0. The van der Waals surface area contributed by atoms with Crippen molar-refractivity contribution in [2.45, 2.75) is 89.9 Å². The molecule has 0 aliphatic carbocycles. The molecule has 1 fully saturated rings. The fourth-order valence-electron chi connectivity index (χ4n) is 6.38. The first kappa shape index (κ1) is 47.6. The molecule has 0 saturated carbocycles. The molecule has 3 atom stereocenters. The van der Waals surface area contributed by atoms with Crippen LogP contribution in [0.4, 0.5) is 4.79 Å². The van der Waals surface area contributed by atoms with Crippen LogP contribution >= 0.6 is 43.2 Å². The largest absolute Gasteiger partial charge is 0.460 e.